The molecule has 2 fully saturated rings. The van der Waals surface area contributed by atoms with Gasteiger partial charge in [0.1, 0.15) is 6.04 Å². The Hall–Kier alpha value is -3.20. The SMILES string of the molecule is S=C1N[C@H](c2ccccn2)[C@H](c2cccn2-c2cccc(Br)c2)N1c1ccc(N2CCOCC2)cc1. The number of hydrogen-bond donors (Lipinski definition) is 1. The van der Waals surface area contributed by atoms with Gasteiger partial charge in [0.25, 0.3) is 0 Å². The molecule has 6 nitrogen and oxygen atoms in total. The molecule has 0 amide bonds. The van der Waals surface area contributed by atoms with Crippen molar-refractivity contribution in [2.45, 2.75) is 12.1 Å². The number of nitrogens with zero attached hydrogens (tertiary/aromatic N) is 4. The molecule has 0 bridgehead atoms. The van der Waals surface area contributed by atoms with Gasteiger partial charge in [0.2, 0.25) is 0 Å². The molecule has 2 aliphatic rings. The van der Waals surface area contributed by atoms with E-state index in [0.29, 0.717) is 5.11 Å². The molecule has 182 valence electrons. The first kappa shape index (κ1) is 23.2. The van der Waals surface area contributed by atoms with Crippen molar-refractivity contribution in [2.75, 3.05) is 36.1 Å². The maximum absolute atomic E-state index is 5.93. The van der Waals surface area contributed by atoms with Crippen LogP contribution in [0.2, 0.25) is 0 Å². The van der Waals surface area contributed by atoms with Gasteiger partial charge in [0, 0.05) is 52.7 Å². The van der Waals surface area contributed by atoms with E-state index in [-0.39, 0.29) is 12.1 Å². The zero-order valence-corrected chi connectivity index (χ0v) is 22.0. The number of benzene rings is 2. The first-order chi connectivity index (χ1) is 17.7. The van der Waals surface area contributed by atoms with Crippen molar-refractivity contribution in [1.82, 2.24) is 14.9 Å². The van der Waals surface area contributed by atoms with E-state index in [0.717, 1.165) is 53.5 Å². The fourth-order valence-electron chi connectivity index (χ4n) is 5.08. The van der Waals surface area contributed by atoms with E-state index < -0.39 is 0 Å². The average molecular weight is 561 g/mol. The molecule has 8 heteroatoms. The van der Waals surface area contributed by atoms with Crippen LogP contribution in [0.25, 0.3) is 5.69 Å². The Balaban J connectivity index is 1.42. The van der Waals surface area contributed by atoms with Gasteiger partial charge in [0.05, 0.1) is 24.9 Å². The number of aromatic nitrogens is 2. The molecule has 6 rings (SSSR count). The first-order valence-electron chi connectivity index (χ1n) is 12.1. The van der Waals surface area contributed by atoms with Gasteiger partial charge in [-0.1, -0.05) is 28.1 Å². The minimum Gasteiger partial charge on any atom is -0.378 e. The Morgan fingerprint density at radius 1 is 0.889 bits per heavy atom. The van der Waals surface area contributed by atoms with E-state index in [1.807, 2.05) is 24.4 Å². The number of ether oxygens (including phenoxy) is 1. The van der Waals surface area contributed by atoms with Gasteiger partial charge in [-0.2, -0.15) is 0 Å². The summed E-state index contributed by atoms with van der Waals surface area (Å²) in [5.74, 6) is 0. The number of nitrogens with one attached hydrogen (secondary N) is 1. The molecule has 2 saturated heterocycles. The van der Waals surface area contributed by atoms with Crippen LogP contribution in [0.15, 0.2) is 95.7 Å². The summed E-state index contributed by atoms with van der Waals surface area (Å²) in [7, 11) is 0. The van der Waals surface area contributed by atoms with Crippen molar-refractivity contribution in [1.29, 1.82) is 0 Å². The van der Waals surface area contributed by atoms with E-state index in [2.05, 4.69) is 102 Å². The standard InChI is InChI=1S/C28H26BrN5OS/c29-20-5-3-6-23(19-20)33-14-4-8-25(33)27-26(24-7-1-2-13-30-24)31-28(36)34(27)22-11-9-21(10-12-22)32-15-17-35-18-16-32/h1-14,19,26-27H,15-18H2,(H,31,36)/t26-,27+/m1/s1. The van der Waals surface area contributed by atoms with Crippen LogP contribution in [-0.2, 0) is 4.74 Å². The van der Waals surface area contributed by atoms with E-state index in [1.165, 1.54) is 5.69 Å². The smallest absolute Gasteiger partial charge is 0.174 e. The van der Waals surface area contributed by atoms with Crippen molar-refractivity contribution in [2.24, 2.45) is 0 Å². The number of hydrogen-bond acceptors (Lipinski definition) is 4. The summed E-state index contributed by atoms with van der Waals surface area (Å²) in [6, 6.07) is 27.1. The highest BCUT2D eigenvalue weighted by atomic mass is 79.9. The molecule has 4 aromatic rings. The number of morpholine rings is 1. The predicted octanol–water partition coefficient (Wildman–Crippen LogP) is 5.65. The highest BCUT2D eigenvalue weighted by Crippen LogP contribution is 2.42. The largest absolute Gasteiger partial charge is 0.378 e. The summed E-state index contributed by atoms with van der Waals surface area (Å²) in [6.07, 6.45) is 3.94. The van der Waals surface area contributed by atoms with E-state index in [9.17, 15) is 0 Å². The van der Waals surface area contributed by atoms with E-state index in [1.54, 1.807) is 0 Å². The molecule has 0 saturated carbocycles. The Morgan fingerprint density at radius 2 is 1.69 bits per heavy atom. The van der Waals surface area contributed by atoms with Crippen LogP contribution in [0.3, 0.4) is 0 Å². The van der Waals surface area contributed by atoms with Gasteiger partial charge in [0.15, 0.2) is 5.11 Å². The Labute approximate surface area is 224 Å². The van der Waals surface area contributed by atoms with Crippen molar-refractivity contribution in [3.63, 3.8) is 0 Å². The maximum atomic E-state index is 5.93. The third-order valence-corrected chi connectivity index (χ3v) is 7.58. The summed E-state index contributed by atoms with van der Waals surface area (Å²) < 4.78 is 8.79. The minimum atomic E-state index is -0.0987. The van der Waals surface area contributed by atoms with E-state index in [4.69, 9.17) is 21.9 Å². The van der Waals surface area contributed by atoms with Gasteiger partial charge < -0.3 is 24.4 Å². The highest BCUT2D eigenvalue weighted by Gasteiger charge is 2.42. The number of halogens is 1. The lowest BCUT2D eigenvalue weighted by atomic mass is 10.0. The van der Waals surface area contributed by atoms with Gasteiger partial charge in [-0.25, -0.2) is 0 Å². The van der Waals surface area contributed by atoms with Crippen molar-refractivity contribution >= 4 is 44.6 Å². The highest BCUT2D eigenvalue weighted by molar-refractivity contribution is 9.10. The number of pyridine rings is 1. The number of anilines is 2. The normalized spacial score (nSPS) is 20.0. The average Bonchev–Trinajstić information content (AvgIpc) is 3.54. The van der Waals surface area contributed by atoms with Crippen LogP contribution < -0.4 is 15.1 Å². The first-order valence-corrected chi connectivity index (χ1v) is 13.3. The Bertz CT molecular complexity index is 1350. The second-order valence-electron chi connectivity index (χ2n) is 8.90. The van der Waals surface area contributed by atoms with Gasteiger partial charge >= 0.3 is 0 Å². The molecular formula is C28H26BrN5OS. The minimum absolute atomic E-state index is 0.0874. The number of thiocarbonyl (C=S) groups is 1. The fraction of sp³-hybridized carbons (Fsp3) is 0.214. The molecule has 1 N–H and O–H groups in total. The third-order valence-electron chi connectivity index (χ3n) is 6.77. The molecule has 2 aliphatic heterocycles. The molecule has 2 aromatic carbocycles. The van der Waals surface area contributed by atoms with Crippen molar-refractivity contribution in [3.05, 3.63) is 107 Å². The van der Waals surface area contributed by atoms with Gasteiger partial charge in [-0.05, 0) is 78.9 Å². The van der Waals surface area contributed by atoms with Crippen LogP contribution in [0.1, 0.15) is 23.5 Å². The molecule has 0 spiro atoms. The van der Waals surface area contributed by atoms with Crippen LogP contribution >= 0.6 is 28.1 Å². The summed E-state index contributed by atoms with van der Waals surface area (Å²) >= 11 is 9.56. The quantitative estimate of drug-likeness (QED) is 0.319. The summed E-state index contributed by atoms with van der Waals surface area (Å²) in [4.78, 5) is 9.28. The lowest BCUT2D eigenvalue weighted by Gasteiger charge is -2.31. The monoisotopic (exact) mass is 559 g/mol. The zero-order valence-electron chi connectivity index (χ0n) is 19.6. The maximum Gasteiger partial charge on any atom is 0.174 e. The topological polar surface area (TPSA) is 45.6 Å². The van der Waals surface area contributed by atoms with Crippen LogP contribution in [0.4, 0.5) is 11.4 Å². The summed E-state index contributed by atoms with van der Waals surface area (Å²) in [5.41, 5.74) is 5.43. The molecule has 36 heavy (non-hydrogen) atoms. The lowest BCUT2D eigenvalue weighted by molar-refractivity contribution is 0.122. The Kier molecular flexibility index (Phi) is 6.48. The predicted molar refractivity (Wildman–Crippen MR) is 151 cm³/mol. The van der Waals surface area contributed by atoms with Crippen LogP contribution in [0.5, 0.6) is 0 Å². The van der Waals surface area contributed by atoms with Crippen molar-refractivity contribution < 1.29 is 4.74 Å². The van der Waals surface area contributed by atoms with Gasteiger partial charge in [-0.3, -0.25) is 4.98 Å². The van der Waals surface area contributed by atoms with Crippen molar-refractivity contribution in [3.8, 4) is 5.69 Å². The third kappa shape index (κ3) is 4.40. The molecule has 0 aliphatic carbocycles. The number of rotatable bonds is 5. The molecule has 4 heterocycles. The van der Waals surface area contributed by atoms with Crippen LogP contribution in [0, 0.1) is 0 Å². The Morgan fingerprint density at radius 3 is 2.44 bits per heavy atom. The molecule has 0 radical (unpaired) electrons. The fourth-order valence-corrected chi connectivity index (χ4v) is 5.81. The second kappa shape index (κ2) is 10.0. The molecule has 2 atom stereocenters. The zero-order chi connectivity index (χ0) is 24.5. The lowest BCUT2D eigenvalue weighted by Crippen LogP contribution is -2.36. The van der Waals surface area contributed by atoms with Crippen LogP contribution in [-0.4, -0.2) is 41.0 Å². The molecule has 2 aromatic heterocycles. The van der Waals surface area contributed by atoms with Gasteiger partial charge in [-0.15, -0.1) is 0 Å². The molecule has 0 unspecified atom stereocenters. The summed E-state index contributed by atoms with van der Waals surface area (Å²) in [6.45, 7) is 3.35. The summed E-state index contributed by atoms with van der Waals surface area (Å²) in [5, 5.41) is 4.26. The van der Waals surface area contributed by atoms with E-state index >= 15 is 0 Å². The molecular weight excluding hydrogens is 534 g/mol. The second-order valence-corrected chi connectivity index (χ2v) is 10.2.